The lowest BCUT2D eigenvalue weighted by molar-refractivity contribution is 0.0328. The fourth-order valence-electron chi connectivity index (χ4n) is 2.56. The minimum atomic E-state index is -0.727. The smallest absolute Gasteiger partial charge is 0.120 e. The summed E-state index contributed by atoms with van der Waals surface area (Å²) in [7, 11) is 0. The molecule has 0 N–H and O–H groups in total. The Balaban J connectivity index is 1.79. The Morgan fingerprint density at radius 1 is 1.47 bits per heavy atom. The lowest BCUT2D eigenvalue weighted by atomic mass is 10.1. The Morgan fingerprint density at radius 2 is 2.18 bits per heavy atom. The minimum Gasteiger partial charge on any atom is -0.378 e. The van der Waals surface area contributed by atoms with Gasteiger partial charge in [0.1, 0.15) is 6.17 Å². The Kier molecular flexibility index (Phi) is 3.88. The standard InChI is InChI=1S/C14H24FNO/c1-4-12-7-16(8-13(12)15)9-14(5-6-14)10-17-11(2)3/h4,11-13H,1,5-10H2,2-3H3. The summed E-state index contributed by atoms with van der Waals surface area (Å²) in [5.74, 6) is 0.0248. The second-order valence-corrected chi connectivity index (χ2v) is 5.97. The van der Waals surface area contributed by atoms with Crippen LogP contribution in [0, 0.1) is 11.3 Å². The first kappa shape index (κ1) is 13.0. The minimum absolute atomic E-state index is 0.0248. The average Bonchev–Trinajstić information content (AvgIpc) is 2.94. The van der Waals surface area contributed by atoms with Crippen LogP contribution >= 0.6 is 0 Å². The van der Waals surface area contributed by atoms with E-state index in [1.54, 1.807) is 6.08 Å². The third kappa shape index (κ3) is 3.29. The largest absolute Gasteiger partial charge is 0.378 e. The summed E-state index contributed by atoms with van der Waals surface area (Å²) in [6.07, 6.45) is 3.78. The van der Waals surface area contributed by atoms with Gasteiger partial charge in [0.2, 0.25) is 0 Å². The normalized spacial score (nSPS) is 32.0. The molecule has 2 atom stereocenters. The number of likely N-dealkylation sites (tertiary alicyclic amines) is 1. The first-order chi connectivity index (χ1) is 8.04. The predicted molar refractivity (Wildman–Crippen MR) is 67.8 cm³/mol. The SMILES string of the molecule is C=CC1CN(CC2(COC(C)C)CC2)CC1F. The number of alkyl halides is 1. The molecule has 17 heavy (non-hydrogen) atoms. The first-order valence-electron chi connectivity index (χ1n) is 6.65. The van der Waals surface area contributed by atoms with Crippen molar-refractivity contribution >= 4 is 0 Å². The molecule has 1 saturated heterocycles. The highest BCUT2D eigenvalue weighted by Crippen LogP contribution is 2.47. The summed E-state index contributed by atoms with van der Waals surface area (Å²) in [5, 5.41) is 0. The van der Waals surface area contributed by atoms with Crippen molar-refractivity contribution in [1.82, 2.24) is 4.90 Å². The molecule has 1 heterocycles. The van der Waals surface area contributed by atoms with Crippen LogP contribution in [0.3, 0.4) is 0 Å². The molecular formula is C14H24FNO. The summed E-state index contributed by atoms with van der Waals surface area (Å²) in [6.45, 7) is 11.1. The summed E-state index contributed by atoms with van der Waals surface area (Å²) >= 11 is 0. The zero-order valence-electron chi connectivity index (χ0n) is 11.0. The van der Waals surface area contributed by atoms with E-state index in [4.69, 9.17) is 4.74 Å². The van der Waals surface area contributed by atoms with Crippen LogP contribution in [0.1, 0.15) is 26.7 Å². The van der Waals surface area contributed by atoms with Crippen molar-refractivity contribution in [3.05, 3.63) is 12.7 Å². The quantitative estimate of drug-likeness (QED) is 0.663. The van der Waals surface area contributed by atoms with Gasteiger partial charge in [0, 0.05) is 31.0 Å². The topological polar surface area (TPSA) is 12.5 Å². The lowest BCUT2D eigenvalue weighted by Gasteiger charge is -2.23. The Labute approximate surface area is 104 Å². The lowest BCUT2D eigenvalue weighted by Crippen LogP contribution is -2.32. The number of ether oxygens (including phenoxy) is 1. The van der Waals surface area contributed by atoms with Crippen LogP contribution in [0.25, 0.3) is 0 Å². The van der Waals surface area contributed by atoms with Gasteiger partial charge in [-0.15, -0.1) is 6.58 Å². The molecule has 0 bridgehead atoms. The first-order valence-corrected chi connectivity index (χ1v) is 6.65. The summed E-state index contributed by atoms with van der Waals surface area (Å²) in [5.41, 5.74) is 0.319. The van der Waals surface area contributed by atoms with Crippen LogP contribution in [0.4, 0.5) is 4.39 Å². The number of hydrogen-bond donors (Lipinski definition) is 0. The summed E-state index contributed by atoms with van der Waals surface area (Å²) < 4.78 is 19.3. The van der Waals surface area contributed by atoms with E-state index in [2.05, 4.69) is 25.3 Å². The molecule has 2 aliphatic rings. The highest BCUT2D eigenvalue weighted by molar-refractivity contribution is 5.00. The van der Waals surface area contributed by atoms with Crippen LogP contribution in [0.2, 0.25) is 0 Å². The Bertz CT molecular complexity index is 275. The van der Waals surface area contributed by atoms with E-state index in [1.165, 1.54) is 12.8 Å². The molecule has 3 heteroatoms. The third-order valence-electron chi connectivity index (χ3n) is 3.91. The molecule has 2 rings (SSSR count). The van der Waals surface area contributed by atoms with Crippen LogP contribution in [-0.2, 0) is 4.74 Å². The van der Waals surface area contributed by atoms with Crippen LogP contribution < -0.4 is 0 Å². The molecule has 2 unspecified atom stereocenters. The van der Waals surface area contributed by atoms with E-state index in [0.29, 0.717) is 18.1 Å². The van der Waals surface area contributed by atoms with Crippen LogP contribution in [-0.4, -0.2) is 43.4 Å². The van der Waals surface area contributed by atoms with Crippen LogP contribution in [0.5, 0.6) is 0 Å². The number of halogens is 1. The van der Waals surface area contributed by atoms with Gasteiger partial charge in [0.05, 0.1) is 12.7 Å². The van der Waals surface area contributed by atoms with Gasteiger partial charge in [0.15, 0.2) is 0 Å². The number of rotatable bonds is 6. The molecule has 0 spiro atoms. The molecule has 0 amide bonds. The molecule has 0 radical (unpaired) electrons. The Hall–Kier alpha value is -0.410. The van der Waals surface area contributed by atoms with Gasteiger partial charge < -0.3 is 4.74 Å². The van der Waals surface area contributed by atoms with Crippen molar-refractivity contribution < 1.29 is 9.13 Å². The van der Waals surface area contributed by atoms with Crippen LogP contribution in [0.15, 0.2) is 12.7 Å². The molecular weight excluding hydrogens is 217 g/mol. The van der Waals surface area contributed by atoms with Gasteiger partial charge in [-0.05, 0) is 26.7 Å². The molecule has 0 aromatic carbocycles. The van der Waals surface area contributed by atoms with Gasteiger partial charge >= 0.3 is 0 Å². The third-order valence-corrected chi connectivity index (χ3v) is 3.91. The highest BCUT2D eigenvalue weighted by Gasteiger charge is 2.46. The molecule has 0 aromatic heterocycles. The van der Waals surface area contributed by atoms with E-state index < -0.39 is 6.17 Å². The maximum absolute atomic E-state index is 13.6. The van der Waals surface area contributed by atoms with Crippen molar-refractivity contribution in [2.45, 2.75) is 39.0 Å². The van der Waals surface area contributed by atoms with E-state index in [9.17, 15) is 4.39 Å². The average molecular weight is 241 g/mol. The predicted octanol–water partition coefficient (Wildman–Crippen LogP) is 2.65. The molecule has 0 aromatic rings. The number of nitrogens with zero attached hydrogens (tertiary/aromatic N) is 1. The summed E-state index contributed by atoms with van der Waals surface area (Å²) in [4.78, 5) is 2.24. The second kappa shape index (κ2) is 5.07. The van der Waals surface area contributed by atoms with Crippen molar-refractivity contribution in [3.8, 4) is 0 Å². The number of hydrogen-bond acceptors (Lipinski definition) is 2. The van der Waals surface area contributed by atoms with Crippen molar-refractivity contribution in [1.29, 1.82) is 0 Å². The Morgan fingerprint density at radius 3 is 2.65 bits per heavy atom. The summed E-state index contributed by atoms with van der Waals surface area (Å²) in [6, 6.07) is 0. The van der Waals surface area contributed by atoms with Gasteiger partial charge in [0.25, 0.3) is 0 Å². The second-order valence-electron chi connectivity index (χ2n) is 5.97. The van der Waals surface area contributed by atoms with E-state index in [-0.39, 0.29) is 5.92 Å². The molecule has 1 aliphatic heterocycles. The van der Waals surface area contributed by atoms with Gasteiger partial charge in [-0.2, -0.15) is 0 Å². The van der Waals surface area contributed by atoms with E-state index >= 15 is 0 Å². The zero-order chi connectivity index (χ0) is 12.5. The van der Waals surface area contributed by atoms with Gasteiger partial charge in [-0.3, -0.25) is 4.90 Å². The molecule has 1 saturated carbocycles. The van der Waals surface area contributed by atoms with Crippen molar-refractivity contribution in [2.75, 3.05) is 26.2 Å². The van der Waals surface area contributed by atoms with Crippen molar-refractivity contribution in [2.24, 2.45) is 11.3 Å². The zero-order valence-corrected chi connectivity index (χ0v) is 11.0. The van der Waals surface area contributed by atoms with E-state index in [1.807, 2.05) is 0 Å². The van der Waals surface area contributed by atoms with Gasteiger partial charge in [-0.25, -0.2) is 4.39 Å². The fourth-order valence-corrected chi connectivity index (χ4v) is 2.56. The maximum Gasteiger partial charge on any atom is 0.120 e. The monoisotopic (exact) mass is 241 g/mol. The fraction of sp³-hybridized carbons (Fsp3) is 0.857. The molecule has 1 aliphatic carbocycles. The van der Waals surface area contributed by atoms with Gasteiger partial charge in [-0.1, -0.05) is 6.08 Å². The highest BCUT2D eigenvalue weighted by atomic mass is 19.1. The molecule has 2 nitrogen and oxygen atoms in total. The van der Waals surface area contributed by atoms with E-state index in [0.717, 1.165) is 19.7 Å². The molecule has 98 valence electrons. The molecule has 2 fully saturated rings. The van der Waals surface area contributed by atoms with Crippen molar-refractivity contribution in [3.63, 3.8) is 0 Å². The maximum atomic E-state index is 13.6.